The Morgan fingerprint density at radius 1 is 1.26 bits per heavy atom. The van der Waals surface area contributed by atoms with Crippen molar-refractivity contribution >= 4 is 17.5 Å². The molecular weight excluding hydrogens is 346 g/mol. The monoisotopic (exact) mass is 375 g/mol. The van der Waals surface area contributed by atoms with E-state index in [0.29, 0.717) is 13.1 Å². The predicted octanol–water partition coefficient (Wildman–Crippen LogP) is 1.27. The molecule has 27 heavy (non-hydrogen) atoms. The van der Waals surface area contributed by atoms with E-state index in [2.05, 4.69) is 15.5 Å². The van der Waals surface area contributed by atoms with E-state index in [9.17, 15) is 14.7 Å². The van der Waals surface area contributed by atoms with Crippen LogP contribution in [0.5, 0.6) is 0 Å². The summed E-state index contributed by atoms with van der Waals surface area (Å²) in [7, 11) is 0. The number of rotatable bonds is 5. The number of nitrogens with zero attached hydrogens (tertiary/aromatic N) is 1. The second kappa shape index (κ2) is 8.82. The van der Waals surface area contributed by atoms with Crippen LogP contribution in [-0.2, 0) is 20.9 Å². The van der Waals surface area contributed by atoms with Gasteiger partial charge in [-0.25, -0.2) is 0 Å². The fourth-order valence-corrected chi connectivity index (χ4v) is 3.85. The number of nitrogens with one attached hydrogen (secondary N) is 2. The number of hydrogen-bond acceptors (Lipinski definition) is 5. The Bertz CT molecular complexity index is 654. The first-order valence-corrected chi connectivity index (χ1v) is 9.64. The normalized spacial score (nSPS) is 22.4. The molecular formula is C20H29N3O4. The number of carbonyl (C=O) groups excluding carboxylic acids is 2. The number of piperidine rings is 1. The lowest BCUT2D eigenvalue weighted by molar-refractivity contribution is -0.177. The van der Waals surface area contributed by atoms with Gasteiger partial charge in [-0.1, -0.05) is 12.1 Å². The molecule has 3 N–H and O–H groups in total. The van der Waals surface area contributed by atoms with Crippen molar-refractivity contribution in [2.45, 2.75) is 50.9 Å². The number of likely N-dealkylation sites (tertiary alicyclic amines) is 1. The van der Waals surface area contributed by atoms with Crippen molar-refractivity contribution in [1.29, 1.82) is 0 Å². The fourth-order valence-electron chi connectivity index (χ4n) is 3.85. The van der Waals surface area contributed by atoms with Gasteiger partial charge in [0.15, 0.2) is 0 Å². The van der Waals surface area contributed by atoms with E-state index in [-0.39, 0.29) is 17.9 Å². The highest BCUT2D eigenvalue weighted by Gasteiger charge is 2.43. The molecule has 1 spiro atoms. The minimum absolute atomic E-state index is 0.0120. The fraction of sp³-hybridized carbons (Fsp3) is 0.600. The molecule has 7 heteroatoms. The molecule has 0 bridgehead atoms. The first kappa shape index (κ1) is 19.8. The van der Waals surface area contributed by atoms with Gasteiger partial charge in [-0.3, -0.25) is 14.5 Å². The molecule has 0 saturated carbocycles. The van der Waals surface area contributed by atoms with Gasteiger partial charge in [0, 0.05) is 38.9 Å². The van der Waals surface area contributed by atoms with Crippen LogP contribution >= 0.6 is 0 Å². The third-order valence-corrected chi connectivity index (χ3v) is 5.45. The smallest absolute Gasteiger partial charge is 0.234 e. The molecule has 2 amide bonds. The molecule has 1 aromatic rings. The van der Waals surface area contributed by atoms with Gasteiger partial charge < -0.3 is 20.5 Å². The van der Waals surface area contributed by atoms with Crippen LogP contribution in [0.4, 0.5) is 5.69 Å². The summed E-state index contributed by atoms with van der Waals surface area (Å²) in [6.07, 6.45) is 2.88. The molecule has 0 aromatic heterocycles. The van der Waals surface area contributed by atoms with E-state index in [1.165, 1.54) is 6.92 Å². The maximum absolute atomic E-state index is 12.2. The molecule has 1 aromatic carbocycles. The summed E-state index contributed by atoms with van der Waals surface area (Å²) in [4.78, 5) is 25.4. The summed E-state index contributed by atoms with van der Waals surface area (Å²) in [5, 5.41) is 15.9. The number of hydrogen-bond donors (Lipinski definition) is 3. The van der Waals surface area contributed by atoms with Crippen LogP contribution in [0.1, 0.15) is 38.2 Å². The number of ether oxygens (including phenoxy) is 1. The van der Waals surface area contributed by atoms with Crippen molar-refractivity contribution in [1.82, 2.24) is 10.2 Å². The maximum Gasteiger partial charge on any atom is 0.234 e. The Balaban J connectivity index is 1.40. The maximum atomic E-state index is 12.2. The van der Waals surface area contributed by atoms with Gasteiger partial charge in [0.25, 0.3) is 0 Å². The molecule has 7 nitrogen and oxygen atoms in total. The number of benzene rings is 1. The van der Waals surface area contributed by atoms with E-state index in [1.54, 1.807) is 0 Å². The summed E-state index contributed by atoms with van der Waals surface area (Å²) in [6.45, 7) is 4.52. The van der Waals surface area contributed by atoms with Gasteiger partial charge in [-0.2, -0.15) is 0 Å². The van der Waals surface area contributed by atoms with Crippen LogP contribution in [-0.4, -0.2) is 59.8 Å². The van der Waals surface area contributed by atoms with Crippen molar-refractivity contribution in [3.8, 4) is 0 Å². The molecule has 2 aliphatic heterocycles. The third-order valence-electron chi connectivity index (χ3n) is 5.45. The van der Waals surface area contributed by atoms with Gasteiger partial charge in [0.1, 0.15) is 0 Å². The Morgan fingerprint density at radius 3 is 2.59 bits per heavy atom. The number of aliphatic hydroxyl groups excluding tert-OH is 1. The molecule has 3 rings (SSSR count). The summed E-state index contributed by atoms with van der Waals surface area (Å²) in [5.74, 6) is -0.118. The zero-order chi connectivity index (χ0) is 19.3. The summed E-state index contributed by atoms with van der Waals surface area (Å²) in [5.41, 5.74) is 1.32. The average Bonchev–Trinajstić information content (AvgIpc) is 2.65. The van der Waals surface area contributed by atoms with Crippen LogP contribution in [0.3, 0.4) is 0 Å². The first-order valence-electron chi connectivity index (χ1n) is 9.64. The minimum atomic E-state index is -0.402. The van der Waals surface area contributed by atoms with Crippen LogP contribution in [0.25, 0.3) is 0 Å². The lowest BCUT2D eigenvalue weighted by Crippen LogP contribution is -2.56. The SMILES string of the molecule is CC(=O)Nc1ccc(CNC(=O)CN2CCC3(CC2)OCCCC3O)cc1. The number of amides is 2. The Morgan fingerprint density at radius 2 is 1.96 bits per heavy atom. The van der Waals surface area contributed by atoms with Gasteiger partial charge >= 0.3 is 0 Å². The van der Waals surface area contributed by atoms with E-state index in [0.717, 1.165) is 56.6 Å². The highest BCUT2D eigenvalue weighted by atomic mass is 16.5. The zero-order valence-electron chi connectivity index (χ0n) is 15.9. The van der Waals surface area contributed by atoms with Crippen molar-refractivity contribution in [3.05, 3.63) is 29.8 Å². The third kappa shape index (κ3) is 5.28. The van der Waals surface area contributed by atoms with Gasteiger partial charge in [-0.15, -0.1) is 0 Å². The predicted molar refractivity (Wildman–Crippen MR) is 102 cm³/mol. The van der Waals surface area contributed by atoms with E-state index in [1.807, 2.05) is 24.3 Å². The second-order valence-corrected chi connectivity index (χ2v) is 7.50. The average molecular weight is 375 g/mol. The minimum Gasteiger partial charge on any atom is -0.390 e. The topological polar surface area (TPSA) is 90.9 Å². The largest absolute Gasteiger partial charge is 0.390 e. The number of aliphatic hydroxyl groups is 1. The number of anilines is 1. The van der Waals surface area contributed by atoms with Gasteiger partial charge in [0.05, 0.1) is 18.2 Å². The zero-order valence-corrected chi connectivity index (χ0v) is 15.9. The molecule has 1 atom stereocenters. The summed E-state index contributed by atoms with van der Waals surface area (Å²) >= 11 is 0. The van der Waals surface area contributed by atoms with E-state index < -0.39 is 5.60 Å². The van der Waals surface area contributed by atoms with E-state index >= 15 is 0 Å². The van der Waals surface area contributed by atoms with Crippen LogP contribution in [0.15, 0.2) is 24.3 Å². The lowest BCUT2D eigenvalue weighted by atomic mass is 9.82. The number of carbonyl (C=O) groups is 2. The van der Waals surface area contributed by atoms with Crippen molar-refractivity contribution in [3.63, 3.8) is 0 Å². The van der Waals surface area contributed by atoms with Crippen LogP contribution in [0.2, 0.25) is 0 Å². The highest BCUT2D eigenvalue weighted by molar-refractivity contribution is 5.88. The molecule has 0 radical (unpaired) electrons. The molecule has 0 aliphatic carbocycles. The Hall–Kier alpha value is -1.96. The molecule has 1 unspecified atom stereocenters. The Kier molecular flexibility index (Phi) is 6.46. The second-order valence-electron chi connectivity index (χ2n) is 7.50. The van der Waals surface area contributed by atoms with Gasteiger partial charge in [0.2, 0.25) is 11.8 Å². The van der Waals surface area contributed by atoms with Gasteiger partial charge in [-0.05, 0) is 43.4 Å². The lowest BCUT2D eigenvalue weighted by Gasteiger charge is -2.46. The van der Waals surface area contributed by atoms with Crippen molar-refractivity contribution in [2.24, 2.45) is 0 Å². The van der Waals surface area contributed by atoms with Crippen molar-refractivity contribution in [2.75, 3.05) is 31.6 Å². The quantitative estimate of drug-likeness (QED) is 0.721. The summed E-state index contributed by atoms with van der Waals surface area (Å²) < 4.78 is 5.91. The first-order chi connectivity index (χ1) is 13.0. The van der Waals surface area contributed by atoms with Crippen molar-refractivity contribution < 1.29 is 19.4 Å². The molecule has 2 heterocycles. The Labute approximate surface area is 160 Å². The molecule has 2 fully saturated rings. The molecule has 2 aliphatic rings. The summed E-state index contributed by atoms with van der Waals surface area (Å²) in [6, 6.07) is 7.42. The van der Waals surface area contributed by atoms with E-state index in [4.69, 9.17) is 4.74 Å². The van der Waals surface area contributed by atoms with Crippen LogP contribution < -0.4 is 10.6 Å². The van der Waals surface area contributed by atoms with Crippen LogP contribution in [0, 0.1) is 0 Å². The standard InChI is InChI=1S/C20H29N3O4/c1-15(24)22-17-6-4-16(5-7-17)13-21-19(26)14-23-10-8-20(9-11-23)18(25)3-2-12-27-20/h4-7,18,25H,2-3,8-14H2,1H3,(H,21,26)(H,22,24). The molecule has 148 valence electrons. The highest BCUT2D eigenvalue weighted by Crippen LogP contribution is 2.35. The molecule has 2 saturated heterocycles.